The Balaban J connectivity index is 2.46. The van der Waals surface area contributed by atoms with E-state index in [4.69, 9.17) is 23.2 Å². The Morgan fingerprint density at radius 1 is 1.26 bits per heavy atom. The van der Waals surface area contributed by atoms with E-state index in [1.807, 2.05) is 6.08 Å². The summed E-state index contributed by atoms with van der Waals surface area (Å²) in [7, 11) is -3.68. The zero-order chi connectivity index (χ0) is 17.0. The van der Waals surface area contributed by atoms with Crippen LogP contribution in [-0.2, 0) is 10.0 Å². The van der Waals surface area contributed by atoms with Gasteiger partial charge in [0.15, 0.2) is 0 Å². The maximum Gasteiger partial charge on any atom is 0.238 e. The van der Waals surface area contributed by atoms with E-state index in [2.05, 4.69) is 5.92 Å². The highest BCUT2D eigenvalue weighted by Gasteiger charge is 2.19. The third kappa shape index (κ3) is 4.35. The predicted octanol–water partition coefficient (Wildman–Crippen LogP) is 3.97. The average molecular weight is 348 g/mol. The van der Waals surface area contributed by atoms with Gasteiger partial charge < -0.3 is 0 Å². The van der Waals surface area contributed by atoms with Gasteiger partial charge in [0.25, 0.3) is 0 Å². The molecule has 0 unspecified atom stereocenters. The number of hydrogen-bond donors (Lipinski definition) is 1. The quantitative estimate of drug-likeness (QED) is 0.661. The van der Waals surface area contributed by atoms with Crippen LogP contribution in [0.3, 0.4) is 0 Å². The maximum atomic E-state index is 11.3. The summed E-state index contributed by atoms with van der Waals surface area (Å²) in [6, 6.07) is 6.60. The van der Waals surface area contributed by atoms with Crippen molar-refractivity contribution in [1.29, 1.82) is 0 Å². The van der Waals surface area contributed by atoms with Crippen molar-refractivity contribution in [2.75, 3.05) is 0 Å². The lowest BCUT2D eigenvalue weighted by molar-refractivity contribution is 0.598. The molecular weight excluding hydrogens is 330 g/mol. The molecule has 0 fully saturated rings. The van der Waals surface area contributed by atoms with E-state index in [9.17, 15) is 8.42 Å². The van der Waals surface area contributed by atoms with Crippen molar-refractivity contribution >= 4 is 27.2 Å². The van der Waals surface area contributed by atoms with Crippen molar-refractivity contribution in [3.05, 3.63) is 58.2 Å². The van der Waals surface area contributed by atoms with Crippen molar-refractivity contribution in [1.82, 2.24) is 0 Å². The van der Waals surface area contributed by atoms with Gasteiger partial charge in [0.2, 0.25) is 10.0 Å². The number of sulfonamides is 1. The zero-order valence-electron chi connectivity index (χ0n) is 12.8. The van der Waals surface area contributed by atoms with Crippen LogP contribution >= 0.6 is 11.6 Å². The molecule has 5 heteroatoms. The first-order chi connectivity index (χ1) is 10.8. The molecule has 120 valence electrons. The zero-order valence-corrected chi connectivity index (χ0v) is 14.4. The van der Waals surface area contributed by atoms with Gasteiger partial charge in [-0.05, 0) is 67.2 Å². The summed E-state index contributed by atoms with van der Waals surface area (Å²) in [5.74, 6) is 2.72. The number of terminal acetylenes is 1. The summed E-state index contributed by atoms with van der Waals surface area (Å²) in [6.45, 7) is 1.79. The number of nitrogens with two attached hydrogens (primary N) is 1. The number of rotatable bonds is 4. The smallest absolute Gasteiger partial charge is 0.225 e. The standard InChI is InChI=1S/C18H18ClNO2S/c1-3-14(8-7-13(2)19)17-5-4-6-18(17)15-9-11-16(12-10-15)23(20,21)22/h1,7-12H,4-6H2,2H3,(H2,20,21,22)/b13-7+,14-8+. The second-order valence-corrected chi connectivity index (χ2v) is 7.52. The molecule has 1 aromatic rings. The van der Waals surface area contributed by atoms with Gasteiger partial charge in [0.05, 0.1) is 4.90 Å². The van der Waals surface area contributed by atoms with Crippen molar-refractivity contribution in [3.8, 4) is 12.3 Å². The fourth-order valence-corrected chi connectivity index (χ4v) is 3.22. The molecular formula is C18H18ClNO2S. The van der Waals surface area contributed by atoms with Crippen molar-refractivity contribution in [2.45, 2.75) is 31.1 Å². The lowest BCUT2D eigenvalue weighted by Gasteiger charge is -2.08. The molecule has 0 bridgehead atoms. The largest absolute Gasteiger partial charge is 0.238 e. The molecule has 0 spiro atoms. The van der Waals surface area contributed by atoms with Gasteiger partial charge in [-0.25, -0.2) is 13.6 Å². The second kappa shape index (κ2) is 7.18. The van der Waals surface area contributed by atoms with Gasteiger partial charge >= 0.3 is 0 Å². The molecule has 0 saturated heterocycles. The highest BCUT2D eigenvalue weighted by molar-refractivity contribution is 7.89. The van der Waals surface area contributed by atoms with E-state index in [0.717, 1.165) is 41.5 Å². The average Bonchev–Trinajstić information content (AvgIpc) is 2.96. The Hall–Kier alpha value is -1.80. The van der Waals surface area contributed by atoms with Gasteiger partial charge in [-0.2, -0.15) is 0 Å². The Kier molecular flexibility index (Phi) is 5.48. The first-order valence-corrected chi connectivity index (χ1v) is 9.11. The van der Waals surface area contributed by atoms with E-state index in [0.29, 0.717) is 5.03 Å². The molecule has 0 saturated carbocycles. The molecule has 2 N–H and O–H groups in total. The minimum Gasteiger partial charge on any atom is -0.225 e. The summed E-state index contributed by atoms with van der Waals surface area (Å²) >= 11 is 5.86. The minimum absolute atomic E-state index is 0.106. The third-order valence-corrected chi connectivity index (χ3v) is 4.76. The number of primary sulfonamides is 1. The highest BCUT2D eigenvalue weighted by Crippen LogP contribution is 2.37. The second-order valence-electron chi connectivity index (χ2n) is 5.36. The molecule has 0 heterocycles. The molecule has 1 aromatic carbocycles. The highest BCUT2D eigenvalue weighted by atomic mass is 35.5. The normalized spacial score (nSPS) is 16.6. The van der Waals surface area contributed by atoms with Crippen LogP contribution in [0, 0.1) is 12.3 Å². The Morgan fingerprint density at radius 2 is 1.91 bits per heavy atom. The van der Waals surface area contributed by atoms with Crippen LogP contribution in [0.4, 0.5) is 0 Å². The first kappa shape index (κ1) is 17.6. The molecule has 3 nitrogen and oxygen atoms in total. The van der Waals surface area contributed by atoms with Gasteiger partial charge in [0.1, 0.15) is 0 Å². The van der Waals surface area contributed by atoms with Gasteiger partial charge in [-0.15, -0.1) is 6.42 Å². The van der Waals surface area contributed by atoms with E-state index in [-0.39, 0.29) is 4.90 Å². The number of hydrogen-bond acceptors (Lipinski definition) is 2. The molecule has 0 radical (unpaired) electrons. The molecule has 0 aromatic heterocycles. The Labute approximate surface area is 142 Å². The van der Waals surface area contributed by atoms with Crippen LogP contribution in [0.1, 0.15) is 31.7 Å². The summed E-state index contributed by atoms with van der Waals surface area (Å²) in [5.41, 5.74) is 4.05. The van der Waals surface area contributed by atoms with E-state index >= 15 is 0 Å². The number of benzene rings is 1. The van der Waals surface area contributed by atoms with Crippen LogP contribution in [0.25, 0.3) is 5.57 Å². The van der Waals surface area contributed by atoms with Crippen LogP contribution in [-0.4, -0.2) is 8.42 Å². The van der Waals surface area contributed by atoms with E-state index in [1.54, 1.807) is 25.1 Å². The molecule has 1 aliphatic rings. The lowest BCUT2D eigenvalue weighted by Crippen LogP contribution is -2.11. The summed E-state index contributed by atoms with van der Waals surface area (Å²) < 4.78 is 22.7. The fraction of sp³-hybridized carbons (Fsp3) is 0.222. The molecule has 1 aliphatic carbocycles. The number of halogens is 1. The molecule has 2 rings (SSSR count). The monoisotopic (exact) mass is 347 g/mol. The minimum atomic E-state index is -3.68. The summed E-state index contributed by atoms with van der Waals surface area (Å²) in [4.78, 5) is 0.106. The van der Waals surface area contributed by atoms with Crippen LogP contribution in [0.5, 0.6) is 0 Å². The van der Waals surface area contributed by atoms with Gasteiger partial charge in [0, 0.05) is 10.6 Å². The molecule has 0 amide bonds. The maximum absolute atomic E-state index is 11.3. The molecule has 0 aliphatic heterocycles. The summed E-state index contributed by atoms with van der Waals surface area (Å²) in [5, 5.41) is 5.79. The van der Waals surface area contributed by atoms with Gasteiger partial charge in [-0.3, -0.25) is 0 Å². The molecule has 23 heavy (non-hydrogen) atoms. The predicted molar refractivity (Wildman–Crippen MR) is 95.1 cm³/mol. The number of allylic oxidation sites excluding steroid dienone is 6. The van der Waals surface area contributed by atoms with Crippen molar-refractivity contribution < 1.29 is 8.42 Å². The van der Waals surface area contributed by atoms with Crippen LogP contribution < -0.4 is 5.14 Å². The van der Waals surface area contributed by atoms with Crippen LogP contribution in [0.2, 0.25) is 0 Å². The SMILES string of the molecule is C#C/C(=C\C=C(/C)Cl)C1=C(c2ccc(S(N)(=O)=O)cc2)CCC1. The van der Waals surface area contributed by atoms with E-state index in [1.165, 1.54) is 12.1 Å². The Bertz CT molecular complexity index is 834. The Morgan fingerprint density at radius 3 is 2.43 bits per heavy atom. The van der Waals surface area contributed by atoms with Gasteiger partial charge in [-0.1, -0.05) is 29.7 Å². The third-order valence-electron chi connectivity index (χ3n) is 3.71. The fourth-order valence-electron chi connectivity index (χ4n) is 2.64. The summed E-state index contributed by atoms with van der Waals surface area (Å²) in [6.07, 6.45) is 12.1. The van der Waals surface area contributed by atoms with Crippen LogP contribution in [0.15, 0.2) is 57.5 Å². The lowest BCUT2D eigenvalue weighted by atomic mass is 9.97. The first-order valence-electron chi connectivity index (χ1n) is 7.19. The van der Waals surface area contributed by atoms with Crippen molar-refractivity contribution in [3.63, 3.8) is 0 Å². The van der Waals surface area contributed by atoms with E-state index < -0.39 is 10.0 Å². The van der Waals surface area contributed by atoms with Crippen molar-refractivity contribution in [2.24, 2.45) is 5.14 Å². The molecule has 0 atom stereocenters. The topological polar surface area (TPSA) is 60.2 Å².